The summed E-state index contributed by atoms with van der Waals surface area (Å²) in [6, 6.07) is 7.70. The summed E-state index contributed by atoms with van der Waals surface area (Å²) in [6.07, 6.45) is 0.668. The number of benzene rings is 1. The predicted octanol–water partition coefficient (Wildman–Crippen LogP) is 3.28. The fourth-order valence-electron chi connectivity index (χ4n) is 1.83. The average Bonchev–Trinajstić information content (AvgIpc) is 3.08. The molecule has 6 nitrogen and oxygen atoms in total. The Morgan fingerprint density at radius 1 is 1.12 bits per heavy atom. The van der Waals surface area contributed by atoms with Gasteiger partial charge in [0.15, 0.2) is 6.61 Å². The van der Waals surface area contributed by atoms with Crippen LogP contribution in [0.5, 0.6) is 0 Å². The number of imide groups is 1. The van der Waals surface area contributed by atoms with E-state index in [1.165, 1.54) is 18.2 Å². The number of esters is 1. The Balaban J connectivity index is 1.71. The number of rotatable bonds is 6. The zero-order chi connectivity index (χ0) is 18.2. The molecule has 0 fully saturated rings. The molecule has 0 saturated carbocycles. The zero-order valence-electron chi connectivity index (χ0n) is 12.9. The van der Waals surface area contributed by atoms with Crippen molar-refractivity contribution in [2.75, 3.05) is 13.2 Å². The van der Waals surface area contributed by atoms with Crippen LogP contribution in [-0.4, -0.2) is 31.1 Å². The Bertz CT molecular complexity index is 766. The molecule has 0 aliphatic heterocycles. The second-order valence-corrected chi connectivity index (χ2v) is 6.63. The van der Waals surface area contributed by atoms with Gasteiger partial charge in [0.05, 0.1) is 15.6 Å². The van der Waals surface area contributed by atoms with Gasteiger partial charge >= 0.3 is 12.0 Å². The number of carbonyl (C=O) groups is 3. The maximum absolute atomic E-state index is 11.9. The molecule has 1 aromatic heterocycles. The summed E-state index contributed by atoms with van der Waals surface area (Å²) >= 11 is 13.3. The highest BCUT2D eigenvalue weighted by atomic mass is 35.5. The lowest BCUT2D eigenvalue weighted by Crippen LogP contribution is -2.42. The third-order valence-corrected chi connectivity index (χ3v) is 4.75. The SMILES string of the molecule is O=C(COC(=O)c1cccc(Cl)c1Cl)NC(=O)NCCc1cccs1. The fourth-order valence-corrected chi connectivity index (χ4v) is 2.92. The maximum Gasteiger partial charge on any atom is 0.340 e. The smallest absolute Gasteiger partial charge is 0.340 e. The minimum atomic E-state index is -0.805. The van der Waals surface area contributed by atoms with Crippen molar-refractivity contribution in [2.24, 2.45) is 0 Å². The van der Waals surface area contributed by atoms with E-state index < -0.39 is 24.5 Å². The van der Waals surface area contributed by atoms with Crippen LogP contribution in [0.3, 0.4) is 0 Å². The lowest BCUT2D eigenvalue weighted by atomic mass is 10.2. The van der Waals surface area contributed by atoms with Crippen LogP contribution in [0.2, 0.25) is 10.0 Å². The van der Waals surface area contributed by atoms with Crippen molar-refractivity contribution in [3.63, 3.8) is 0 Å². The molecular formula is C16H14Cl2N2O4S. The summed E-state index contributed by atoms with van der Waals surface area (Å²) in [5.41, 5.74) is 0.0439. The quantitative estimate of drug-likeness (QED) is 0.728. The van der Waals surface area contributed by atoms with Crippen LogP contribution in [0.25, 0.3) is 0 Å². The Hall–Kier alpha value is -2.09. The van der Waals surface area contributed by atoms with Crippen LogP contribution >= 0.6 is 34.5 Å². The highest BCUT2D eigenvalue weighted by Crippen LogP contribution is 2.25. The molecule has 0 bridgehead atoms. The van der Waals surface area contributed by atoms with Gasteiger partial charge in [0.1, 0.15) is 0 Å². The number of carbonyl (C=O) groups excluding carboxylic acids is 3. The van der Waals surface area contributed by atoms with Crippen molar-refractivity contribution in [3.8, 4) is 0 Å². The summed E-state index contributed by atoms with van der Waals surface area (Å²) in [5.74, 6) is -1.55. The van der Waals surface area contributed by atoms with E-state index >= 15 is 0 Å². The topological polar surface area (TPSA) is 84.5 Å². The number of hydrogen-bond acceptors (Lipinski definition) is 5. The van der Waals surface area contributed by atoms with Gasteiger partial charge in [-0.05, 0) is 30.0 Å². The molecule has 0 atom stereocenters. The molecule has 1 heterocycles. The van der Waals surface area contributed by atoms with E-state index in [2.05, 4.69) is 10.6 Å². The van der Waals surface area contributed by atoms with Gasteiger partial charge in [-0.15, -0.1) is 11.3 Å². The molecule has 2 aromatic rings. The van der Waals surface area contributed by atoms with Crippen LogP contribution in [0.1, 0.15) is 15.2 Å². The molecule has 132 valence electrons. The highest BCUT2D eigenvalue weighted by Gasteiger charge is 2.16. The summed E-state index contributed by atoms with van der Waals surface area (Å²) in [4.78, 5) is 36.2. The van der Waals surface area contributed by atoms with E-state index in [0.29, 0.717) is 13.0 Å². The maximum atomic E-state index is 11.9. The minimum Gasteiger partial charge on any atom is -0.452 e. The van der Waals surface area contributed by atoms with Crippen molar-refractivity contribution in [3.05, 3.63) is 56.2 Å². The normalized spacial score (nSPS) is 10.2. The number of hydrogen-bond donors (Lipinski definition) is 2. The standard InChI is InChI=1S/C16H14Cl2N2O4S/c17-12-5-1-4-11(14(12)18)15(22)24-9-13(21)20-16(23)19-7-6-10-3-2-8-25-10/h1-5,8H,6-7,9H2,(H2,19,20,21,23). The van der Waals surface area contributed by atoms with E-state index in [9.17, 15) is 14.4 Å². The molecule has 0 aliphatic carbocycles. The summed E-state index contributed by atoms with van der Waals surface area (Å²) in [7, 11) is 0. The van der Waals surface area contributed by atoms with Crippen LogP contribution in [0.15, 0.2) is 35.7 Å². The van der Waals surface area contributed by atoms with Crippen LogP contribution < -0.4 is 10.6 Å². The molecule has 25 heavy (non-hydrogen) atoms. The molecule has 0 saturated heterocycles. The minimum absolute atomic E-state index is 0.0425. The first-order valence-corrected chi connectivity index (χ1v) is 8.82. The molecule has 2 N–H and O–H groups in total. The molecule has 2 rings (SSSR count). The number of thiophene rings is 1. The van der Waals surface area contributed by atoms with E-state index in [4.69, 9.17) is 27.9 Å². The third kappa shape index (κ3) is 6.04. The van der Waals surface area contributed by atoms with Gasteiger partial charge in [0, 0.05) is 11.4 Å². The van der Waals surface area contributed by atoms with Gasteiger partial charge in [0.25, 0.3) is 5.91 Å². The summed E-state index contributed by atoms with van der Waals surface area (Å²) in [5, 5.41) is 6.80. The fraction of sp³-hybridized carbons (Fsp3) is 0.188. The Labute approximate surface area is 158 Å². The first-order valence-electron chi connectivity index (χ1n) is 7.18. The average molecular weight is 401 g/mol. The monoisotopic (exact) mass is 400 g/mol. The predicted molar refractivity (Wildman–Crippen MR) is 96.3 cm³/mol. The molecule has 3 amide bonds. The third-order valence-electron chi connectivity index (χ3n) is 3.00. The molecule has 0 radical (unpaired) electrons. The number of urea groups is 1. The van der Waals surface area contributed by atoms with Crippen LogP contribution in [0, 0.1) is 0 Å². The number of ether oxygens (including phenoxy) is 1. The van der Waals surface area contributed by atoms with Crippen LogP contribution in [0.4, 0.5) is 4.79 Å². The Kier molecular flexibility index (Phi) is 7.24. The van der Waals surface area contributed by atoms with Gasteiger partial charge in [-0.3, -0.25) is 10.1 Å². The second-order valence-electron chi connectivity index (χ2n) is 4.81. The van der Waals surface area contributed by atoms with Crippen LogP contribution in [-0.2, 0) is 16.0 Å². The van der Waals surface area contributed by atoms with Gasteiger partial charge in [-0.2, -0.15) is 0 Å². The largest absolute Gasteiger partial charge is 0.452 e. The zero-order valence-corrected chi connectivity index (χ0v) is 15.2. The van der Waals surface area contributed by atoms with E-state index in [1.54, 1.807) is 11.3 Å². The first kappa shape index (κ1) is 19.2. The summed E-state index contributed by atoms with van der Waals surface area (Å²) < 4.78 is 4.82. The first-order chi connectivity index (χ1) is 12.0. The Morgan fingerprint density at radius 3 is 2.64 bits per heavy atom. The Morgan fingerprint density at radius 2 is 1.92 bits per heavy atom. The van der Waals surface area contributed by atoms with Gasteiger partial charge in [0.2, 0.25) is 0 Å². The second kappa shape index (κ2) is 9.41. The van der Waals surface area contributed by atoms with Gasteiger partial charge < -0.3 is 10.1 Å². The van der Waals surface area contributed by atoms with Gasteiger partial charge in [-0.25, -0.2) is 9.59 Å². The molecule has 0 aliphatic rings. The molecule has 0 unspecified atom stereocenters. The van der Waals surface area contributed by atoms with Crippen molar-refractivity contribution in [1.82, 2.24) is 10.6 Å². The summed E-state index contributed by atoms with van der Waals surface area (Å²) in [6.45, 7) is -0.225. The number of amides is 3. The number of halogens is 2. The van der Waals surface area contributed by atoms with E-state index in [-0.39, 0.29) is 15.6 Å². The molecule has 9 heteroatoms. The molecule has 0 spiro atoms. The lowest BCUT2D eigenvalue weighted by molar-refractivity contribution is -0.123. The van der Waals surface area contributed by atoms with Crippen molar-refractivity contribution in [1.29, 1.82) is 0 Å². The van der Waals surface area contributed by atoms with Crippen molar-refractivity contribution < 1.29 is 19.1 Å². The van der Waals surface area contributed by atoms with Crippen molar-refractivity contribution in [2.45, 2.75) is 6.42 Å². The lowest BCUT2D eigenvalue weighted by Gasteiger charge is -2.08. The van der Waals surface area contributed by atoms with E-state index in [1.807, 2.05) is 17.5 Å². The molecule has 1 aromatic carbocycles. The number of nitrogens with one attached hydrogen (secondary N) is 2. The van der Waals surface area contributed by atoms with Gasteiger partial charge in [-0.1, -0.05) is 35.3 Å². The van der Waals surface area contributed by atoms with Crippen molar-refractivity contribution >= 4 is 52.4 Å². The molecular weight excluding hydrogens is 387 g/mol. The van der Waals surface area contributed by atoms with E-state index in [0.717, 1.165) is 4.88 Å². The highest BCUT2D eigenvalue weighted by molar-refractivity contribution is 7.09.